The largest absolute Gasteiger partial charge is 0.423 e. The van der Waals surface area contributed by atoms with Crippen LogP contribution in [-0.2, 0) is 4.79 Å². The first-order valence-corrected chi connectivity index (χ1v) is 9.39. The Kier molecular flexibility index (Phi) is 3.92. The van der Waals surface area contributed by atoms with Crippen molar-refractivity contribution in [2.24, 2.45) is 5.92 Å². The highest BCUT2D eigenvalue weighted by atomic mass is 16.4. The molecule has 1 N–H and O–H groups in total. The molecule has 138 valence electrons. The maximum Gasteiger partial charge on any atom is 0.298 e. The lowest BCUT2D eigenvalue weighted by Gasteiger charge is -2.35. The maximum atomic E-state index is 11.8. The van der Waals surface area contributed by atoms with E-state index in [-0.39, 0.29) is 11.8 Å². The summed E-state index contributed by atoms with van der Waals surface area (Å²) < 4.78 is 5.87. The Balaban J connectivity index is 1.21. The number of nitrogens with one attached hydrogen (secondary N) is 1. The molecule has 3 aromatic rings. The SMILES string of the molecule is O=C(Nc1ccc(N2CCN(c3nc4ccccc4o3)CC2)cn1)C1CC1. The van der Waals surface area contributed by atoms with Crippen molar-refractivity contribution >= 4 is 34.5 Å². The number of hydrogen-bond acceptors (Lipinski definition) is 6. The number of benzene rings is 1. The van der Waals surface area contributed by atoms with Gasteiger partial charge in [0, 0.05) is 32.1 Å². The fourth-order valence-corrected chi connectivity index (χ4v) is 3.37. The third-order valence-corrected chi connectivity index (χ3v) is 5.15. The van der Waals surface area contributed by atoms with E-state index in [1.807, 2.05) is 42.6 Å². The van der Waals surface area contributed by atoms with Gasteiger partial charge in [-0.3, -0.25) is 4.79 Å². The number of carbonyl (C=O) groups is 1. The Morgan fingerprint density at radius 3 is 2.52 bits per heavy atom. The Morgan fingerprint density at radius 2 is 1.81 bits per heavy atom. The molecule has 1 saturated carbocycles. The van der Waals surface area contributed by atoms with Crippen LogP contribution in [0.5, 0.6) is 0 Å². The fraction of sp³-hybridized carbons (Fsp3) is 0.350. The summed E-state index contributed by atoms with van der Waals surface area (Å²) in [6, 6.07) is 12.4. The zero-order valence-corrected chi connectivity index (χ0v) is 15.0. The van der Waals surface area contributed by atoms with Crippen LogP contribution in [0, 0.1) is 5.92 Å². The molecule has 0 unspecified atom stereocenters. The van der Waals surface area contributed by atoms with Gasteiger partial charge >= 0.3 is 0 Å². The molecule has 2 aromatic heterocycles. The Hall–Kier alpha value is -3.09. The standard InChI is InChI=1S/C20H21N5O2/c26-19(14-5-6-14)23-18-8-7-15(13-21-18)24-9-11-25(12-10-24)20-22-16-3-1-2-4-17(16)27-20/h1-4,7-8,13-14H,5-6,9-12H2,(H,21,23,26). The number of anilines is 3. The van der Waals surface area contributed by atoms with Gasteiger partial charge in [-0.2, -0.15) is 4.98 Å². The smallest absolute Gasteiger partial charge is 0.298 e. The fourth-order valence-electron chi connectivity index (χ4n) is 3.37. The van der Waals surface area contributed by atoms with Gasteiger partial charge in [0.2, 0.25) is 5.91 Å². The number of aromatic nitrogens is 2. The quantitative estimate of drug-likeness (QED) is 0.768. The van der Waals surface area contributed by atoms with Gasteiger partial charge in [-0.15, -0.1) is 0 Å². The monoisotopic (exact) mass is 363 g/mol. The van der Waals surface area contributed by atoms with E-state index in [4.69, 9.17) is 4.42 Å². The Labute approximate surface area is 157 Å². The van der Waals surface area contributed by atoms with Crippen LogP contribution in [-0.4, -0.2) is 42.1 Å². The third kappa shape index (κ3) is 3.32. The van der Waals surface area contributed by atoms with Crippen LogP contribution in [0.3, 0.4) is 0 Å². The van der Waals surface area contributed by atoms with Crippen LogP contribution >= 0.6 is 0 Å². The van der Waals surface area contributed by atoms with E-state index >= 15 is 0 Å². The second-order valence-electron chi connectivity index (χ2n) is 7.10. The molecule has 3 heterocycles. The number of pyridine rings is 1. The van der Waals surface area contributed by atoms with Crippen molar-refractivity contribution < 1.29 is 9.21 Å². The molecule has 1 saturated heterocycles. The number of hydrogen-bond donors (Lipinski definition) is 1. The summed E-state index contributed by atoms with van der Waals surface area (Å²) >= 11 is 0. The van der Waals surface area contributed by atoms with E-state index < -0.39 is 0 Å². The highest BCUT2D eigenvalue weighted by Gasteiger charge is 2.29. The van der Waals surface area contributed by atoms with E-state index in [1.54, 1.807) is 0 Å². The number of fused-ring (bicyclic) bond motifs is 1. The zero-order valence-electron chi connectivity index (χ0n) is 15.0. The molecule has 7 heteroatoms. The number of para-hydroxylation sites is 2. The third-order valence-electron chi connectivity index (χ3n) is 5.15. The van der Waals surface area contributed by atoms with Gasteiger partial charge in [0.05, 0.1) is 11.9 Å². The van der Waals surface area contributed by atoms with E-state index in [9.17, 15) is 4.79 Å². The Bertz CT molecular complexity index is 923. The van der Waals surface area contributed by atoms with Crippen molar-refractivity contribution in [3.05, 3.63) is 42.6 Å². The van der Waals surface area contributed by atoms with Crippen LogP contribution in [0.15, 0.2) is 47.0 Å². The molecule has 7 nitrogen and oxygen atoms in total. The van der Waals surface area contributed by atoms with Gasteiger partial charge in [-0.25, -0.2) is 4.98 Å². The van der Waals surface area contributed by atoms with E-state index in [2.05, 4.69) is 25.1 Å². The molecule has 0 spiro atoms. The van der Waals surface area contributed by atoms with Gasteiger partial charge in [-0.05, 0) is 37.1 Å². The van der Waals surface area contributed by atoms with Crippen molar-refractivity contribution in [1.82, 2.24) is 9.97 Å². The summed E-state index contributed by atoms with van der Waals surface area (Å²) in [6.45, 7) is 3.42. The minimum Gasteiger partial charge on any atom is -0.423 e. The van der Waals surface area contributed by atoms with Crippen LogP contribution in [0.4, 0.5) is 17.5 Å². The van der Waals surface area contributed by atoms with Crippen LogP contribution in [0.1, 0.15) is 12.8 Å². The minimum atomic E-state index is 0.0854. The van der Waals surface area contributed by atoms with E-state index in [1.165, 1.54) is 0 Å². The lowest BCUT2D eigenvalue weighted by molar-refractivity contribution is -0.117. The van der Waals surface area contributed by atoms with Gasteiger partial charge in [-0.1, -0.05) is 12.1 Å². The molecule has 1 aliphatic carbocycles. The maximum absolute atomic E-state index is 11.8. The molecule has 2 aliphatic rings. The lowest BCUT2D eigenvalue weighted by Crippen LogP contribution is -2.46. The number of nitrogens with zero attached hydrogens (tertiary/aromatic N) is 4. The summed E-state index contributed by atoms with van der Waals surface area (Å²) in [5.74, 6) is 0.898. The first-order chi connectivity index (χ1) is 13.3. The zero-order chi connectivity index (χ0) is 18.2. The highest BCUT2D eigenvalue weighted by Crippen LogP contribution is 2.30. The summed E-state index contributed by atoms with van der Waals surface area (Å²) in [7, 11) is 0. The van der Waals surface area contributed by atoms with Crippen LogP contribution in [0.2, 0.25) is 0 Å². The molecule has 1 aromatic carbocycles. The number of oxazole rings is 1. The summed E-state index contributed by atoms with van der Waals surface area (Å²) in [5.41, 5.74) is 2.78. The summed E-state index contributed by atoms with van der Waals surface area (Å²) in [5, 5.41) is 2.88. The van der Waals surface area contributed by atoms with Crippen LogP contribution < -0.4 is 15.1 Å². The van der Waals surface area contributed by atoms with E-state index in [0.717, 1.165) is 55.8 Å². The highest BCUT2D eigenvalue weighted by molar-refractivity contribution is 5.93. The van der Waals surface area contributed by atoms with E-state index in [0.29, 0.717) is 11.8 Å². The van der Waals surface area contributed by atoms with Crippen molar-refractivity contribution in [3.63, 3.8) is 0 Å². The first kappa shape index (κ1) is 16.1. The minimum absolute atomic E-state index is 0.0854. The summed E-state index contributed by atoms with van der Waals surface area (Å²) in [6.07, 6.45) is 3.82. The van der Waals surface area contributed by atoms with Crippen LogP contribution in [0.25, 0.3) is 11.1 Å². The number of rotatable bonds is 4. The van der Waals surface area contributed by atoms with Crippen molar-refractivity contribution in [2.45, 2.75) is 12.8 Å². The molecule has 5 rings (SSSR count). The predicted molar refractivity (Wildman–Crippen MR) is 104 cm³/mol. The Morgan fingerprint density at radius 1 is 1.04 bits per heavy atom. The average molecular weight is 363 g/mol. The normalized spacial score (nSPS) is 17.3. The summed E-state index contributed by atoms with van der Waals surface area (Å²) in [4.78, 5) is 25.3. The number of amides is 1. The molecular weight excluding hydrogens is 342 g/mol. The molecule has 0 radical (unpaired) electrons. The number of carbonyl (C=O) groups excluding carboxylic acids is 1. The molecule has 0 bridgehead atoms. The molecule has 1 aliphatic heterocycles. The lowest BCUT2D eigenvalue weighted by atomic mass is 10.3. The second-order valence-corrected chi connectivity index (χ2v) is 7.10. The second kappa shape index (κ2) is 6.57. The molecule has 2 fully saturated rings. The van der Waals surface area contributed by atoms with Crippen molar-refractivity contribution in [1.29, 1.82) is 0 Å². The van der Waals surface area contributed by atoms with Gasteiger partial charge in [0.1, 0.15) is 11.3 Å². The first-order valence-electron chi connectivity index (χ1n) is 9.39. The predicted octanol–water partition coefficient (Wildman–Crippen LogP) is 2.90. The van der Waals surface area contributed by atoms with Crippen molar-refractivity contribution in [2.75, 3.05) is 41.3 Å². The van der Waals surface area contributed by atoms with Gasteiger partial charge in [0.25, 0.3) is 6.01 Å². The van der Waals surface area contributed by atoms with Crippen molar-refractivity contribution in [3.8, 4) is 0 Å². The topological polar surface area (TPSA) is 74.5 Å². The van der Waals surface area contributed by atoms with Gasteiger partial charge in [0.15, 0.2) is 5.58 Å². The molecule has 27 heavy (non-hydrogen) atoms. The molecule has 1 amide bonds. The average Bonchev–Trinajstić information content (AvgIpc) is 3.47. The molecule has 0 atom stereocenters. The number of piperazine rings is 1. The molecular formula is C20H21N5O2. The van der Waals surface area contributed by atoms with Gasteiger partial charge < -0.3 is 19.5 Å².